The molecule has 2 N–H and O–H groups in total. The molecular formula is C16H19N3O. The van der Waals surface area contributed by atoms with E-state index in [-0.39, 0.29) is 5.91 Å². The zero-order chi connectivity index (χ0) is 14.7. The Morgan fingerprint density at radius 1 is 1.25 bits per heavy atom. The highest BCUT2D eigenvalue weighted by molar-refractivity contribution is 5.92. The summed E-state index contributed by atoms with van der Waals surface area (Å²) < 4.78 is 0. The lowest BCUT2D eigenvalue weighted by Gasteiger charge is -2.18. The van der Waals surface area contributed by atoms with Crippen LogP contribution in [0.15, 0.2) is 36.5 Å². The highest BCUT2D eigenvalue weighted by Gasteiger charge is 2.14. The minimum absolute atomic E-state index is 0.107. The smallest absolute Gasteiger partial charge is 0.272 e. The molecule has 0 aliphatic heterocycles. The van der Waals surface area contributed by atoms with E-state index < -0.39 is 0 Å². The van der Waals surface area contributed by atoms with Gasteiger partial charge >= 0.3 is 0 Å². The van der Waals surface area contributed by atoms with Gasteiger partial charge < -0.3 is 10.6 Å². The number of rotatable bonds is 3. The van der Waals surface area contributed by atoms with Gasteiger partial charge in [-0.05, 0) is 37.1 Å². The van der Waals surface area contributed by atoms with Crippen LogP contribution in [0.25, 0.3) is 0 Å². The molecule has 0 fully saturated rings. The van der Waals surface area contributed by atoms with Gasteiger partial charge in [-0.2, -0.15) is 0 Å². The molecule has 1 aromatic carbocycles. The maximum Gasteiger partial charge on any atom is 0.272 e. The average molecular weight is 269 g/mol. The second-order valence-electron chi connectivity index (χ2n) is 5.07. The Hall–Kier alpha value is -2.36. The first-order valence-electron chi connectivity index (χ1n) is 6.50. The predicted molar refractivity (Wildman–Crippen MR) is 80.4 cm³/mol. The van der Waals surface area contributed by atoms with Gasteiger partial charge in [-0.15, -0.1) is 0 Å². The SMILES string of the molecule is Cc1ccc(CN(C)C(=O)c2ccc(N)cn2)c(C)c1. The van der Waals surface area contributed by atoms with Crippen molar-refractivity contribution in [3.63, 3.8) is 0 Å². The van der Waals surface area contributed by atoms with E-state index in [1.54, 1.807) is 24.1 Å². The maximum atomic E-state index is 12.3. The average Bonchev–Trinajstić information content (AvgIpc) is 2.42. The third-order valence-electron chi connectivity index (χ3n) is 3.26. The van der Waals surface area contributed by atoms with Gasteiger partial charge in [0.25, 0.3) is 5.91 Å². The Morgan fingerprint density at radius 3 is 2.60 bits per heavy atom. The molecule has 0 saturated heterocycles. The van der Waals surface area contributed by atoms with Crippen LogP contribution < -0.4 is 5.73 Å². The van der Waals surface area contributed by atoms with E-state index >= 15 is 0 Å². The van der Waals surface area contributed by atoms with Crippen LogP contribution in [-0.2, 0) is 6.54 Å². The molecular weight excluding hydrogens is 250 g/mol. The first-order valence-corrected chi connectivity index (χ1v) is 6.50. The largest absolute Gasteiger partial charge is 0.397 e. The summed E-state index contributed by atoms with van der Waals surface area (Å²) in [6, 6.07) is 9.57. The molecule has 1 amide bonds. The number of anilines is 1. The molecule has 0 atom stereocenters. The fourth-order valence-electron chi connectivity index (χ4n) is 2.08. The van der Waals surface area contributed by atoms with Crippen molar-refractivity contribution in [1.82, 2.24) is 9.88 Å². The molecule has 0 saturated carbocycles. The van der Waals surface area contributed by atoms with Crippen molar-refractivity contribution < 1.29 is 4.79 Å². The third-order valence-corrected chi connectivity index (χ3v) is 3.26. The normalized spacial score (nSPS) is 10.3. The van der Waals surface area contributed by atoms with E-state index in [1.807, 2.05) is 0 Å². The number of carbonyl (C=O) groups excluding carboxylic acids is 1. The van der Waals surface area contributed by atoms with E-state index in [0.29, 0.717) is 17.9 Å². The zero-order valence-electron chi connectivity index (χ0n) is 12.1. The van der Waals surface area contributed by atoms with Crippen LogP contribution in [0.5, 0.6) is 0 Å². The van der Waals surface area contributed by atoms with Crippen LogP contribution in [0.2, 0.25) is 0 Å². The third kappa shape index (κ3) is 3.15. The lowest BCUT2D eigenvalue weighted by atomic mass is 10.1. The Labute approximate surface area is 119 Å². The molecule has 0 bridgehead atoms. The van der Waals surface area contributed by atoms with Crippen LogP contribution in [0.3, 0.4) is 0 Å². The number of hydrogen-bond donors (Lipinski definition) is 1. The highest BCUT2D eigenvalue weighted by Crippen LogP contribution is 2.14. The minimum atomic E-state index is -0.107. The van der Waals surface area contributed by atoms with E-state index in [2.05, 4.69) is 37.0 Å². The molecule has 104 valence electrons. The van der Waals surface area contributed by atoms with Crippen molar-refractivity contribution in [2.45, 2.75) is 20.4 Å². The fraction of sp³-hybridized carbons (Fsp3) is 0.250. The predicted octanol–water partition coefficient (Wildman–Crippen LogP) is 2.55. The van der Waals surface area contributed by atoms with Gasteiger partial charge in [0.05, 0.1) is 11.9 Å². The van der Waals surface area contributed by atoms with Gasteiger partial charge in [-0.3, -0.25) is 4.79 Å². The Kier molecular flexibility index (Phi) is 4.03. The molecule has 1 aromatic heterocycles. The molecule has 20 heavy (non-hydrogen) atoms. The first-order chi connectivity index (χ1) is 9.47. The summed E-state index contributed by atoms with van der Waals surface area (Å²) in [7, 11) is 1.78. The van der Waals surface area contributed by atoms with Gasteiger partial charge in [0.1, 0.15) is 5.69 Å². The van der Waals surface area contributed by atoms with E-state index in [0.717, 1.165) is 5.56 Å². The molecule has 0 aliphatic carbocycles. The molecule has 0 unspecified atom stereocenters. The minimum Gasteiger partial charge on any atom is -0.397 e. The van der Waals surface area contributed by atoms with Crippen molar-refractivity contribution in [3.8, 4) is 0 Å². The van der Waals surface area contributed by atoms with Gasteiger partial charge in [0.15, 0.2) is 0 Å². The maximum absolute atomic E-state index is 12.3. The van der Waals surface area contributed by atoms with Crippen LogP contribution in [0.1, 0.15) is 27.2 Å². The summed E-state index contributed by atoms with van der Waals surface area (Å²) in [4.78, 5) is 18.0. The van der Waals surface area contributed by atoms with Crippen molar-refractivity contribution in [1.29, 1.82) is 0 Å². The number of hydrogen-bond acceptors (Lipinski definition) is 3. The lowest BCUT2D eigenvalue weighted by Crippen LogP contribution is -2.27. The molecule has 2 rings (SSSR count). The van der Waals surface area contributed by atoms with Crippen molar-refractivity contribution in [3.05, 3.63) is 58.9 Å². The fourth-order valence-corrected chi connectivity index (χ4v) is 2.08. The summed E-state index contributed by atoms with van der Waals surface area (Å²) in [6.07, 6.45) is 1.50. The van der Waals surface area contributed by atoms with Gasteiger partial charge in [-0.1, -0.05) is 23.8 Å². The quantitative estimate of drug-likeness (QED) is 0.931. The second kappa shape index (κ2) is 5.74. The number of benzene rings is 1. The lowest BCUT2D eigenvalue weighted by molar-refractivity contribution is 0.0779. The summed E-state index contributed by atoms with van der Waals surface area (Å²) in [5, 5.41) is 0. The molecule has 4 nitrogen and oxygen atoms in total. The van der Waals surface area contributed by atoms with Gasteiger partial charge in [-0.25, -0.2) is 4.98 Å². The van der Waals surface area contributed by atoms with Crippen molar-refractivity contribution in [2.75, 3.05) is 12.8 Å². The Balaban J connectivity index is 2.13. The Bertz CT molecular complexity index is 620. The second-order valence-corrected chi connectivity index (χ2v) is 5.07. The number of amides is 1. The number of nitrogen functional groups attached to an aromatic ring is 1. The van der Waals surface area contributed by atoms with Crippen molar-refractivity contribution >= 4 is 11.6 Å². The number of nitrogens with zero attached hydrogens (tertiary/aromatic N) is 2. The number of aryl methyl sites for hydroxylation is 2. The molecule has 0 spiro atoms. The van der Waals surface area contributed by atoms with E-state index in [1.165, 1.54) is 17.3 Å². The zero-order valence-corrected chi connectivity index (χ0v) is 12.1. The van der Waals surface area contributed by atoms with E-state index in [4.69, 9.17) is 5.73 Å². The number of pyridine rings is 1. The van der Waals surface area contributed by atoms with Gasteiger partial charge in [0.2, 0.25) is 0 Å². The highest BCUT2D eigenvalue weighted by atomic mass is 16.2. The number of carbonyl (C=O) groups is 1. The van der Waals surface area contributed by atoms with Crippen molar-refractivity contribution in [2.24, 2.45) is 0 Å². The van der Waals surface area contributed by atoms with E-state index in [9.17, 15) is 4.79 Å². The first kappa shape index (κ1) is 14.1. The summed E-state index contributed by atoms with van der Waals surface area (Å²) in [5.74, 6) is -0.107. The summed E-state index contributed by atoms with van der Waals surface area (Å²) in [6.45, 7) is 4.68. The molecule has 4 heteroatoms. The molecule has 0 radical (unpaired) electrons. The standard InChI is InChI=1S/C16H19N3O/c1-11-4-5-13(12(2)8-11)10-19(3)16(20)15-7-6-14(17)9-18-15/h4-9H,10,17H2,1-3H3. The summed E-state index contributed by atoms with van der Waals surface area (Å²) >= 11 is 0. The van der Waals surface area contributed by atoms with Crippen LogP contribution >= 0.6 is 0 Å². The number of aromatic nitrogens is 1. The molecule has 0 aliphatic rings. The van der Waals surface area contributed by atoms with Crippen LogP contribution in [-0.4, -0.2) is 22.8 Å². The molecule has 2 aromatic rings. The van der Waals surface area contributed by atoms with Gasteiger partial charge in [0, 0.05) is 13.6 Å². The topological polar surface area (TPSA) is 59.2 Å². The monoisotopic (exact) mass is 269 g/mol. The number of nitrogens with two attached hydrogens (primary N) is 1. The summed E-state index contributed by atoms with van der Waals surface area (Å²) in [5.41, 5.74) is 10.1. The van der Waals surface area contributed by atoms with Crippen LogP contribution in [0, 0.1) is 13.8 Å². The molecule has 1 heterocycles. The Morgan fingerprint density at radius 2 is 2.00 bits per heavy atom. The van der Waals surface area contributed by atoms with Crippen LogP contribution in [0.4, 0.5) is 5.69 Å².